The molecule has 0 fully saturated rings. The predicted octanol–water partition coefficient (Wildman–Crippen LogP) is 13.8. The second-order valence-corrected chi connectivity index (χ2v) is 13.6. The lowest BCUT2D eigenvalue weighted by Crippen LogP contribution is -1.93. The van der Waals surface area contributed by atoms with Crippen LogP contribution in [-0.2, 0) is 0 Å². The zero-order valence-electron chi connectivity index (χ0n) is 27.8. The van der Waals surface area contributed by atoms with Crippen LogP contribution < -0.4 is 0 Å². The highest BCUT2D eigenvalue weighted by atomic mass is 16.3. The molecule has 0 atom stereocenters. The number of para-hydroxylation sites is 5. The summed E-state index contributed by atoms with van der Waals surface area (Å²) < 4.78 is 22.0. The van der Waals surface area contributed by atoms with Crippen LogP contribution in [0.5, 0.6) is 0 Å². The van der Waals surface area contributed by atoms with E-state index in [0.29, 0.717) is 0 Å². The lowest BCUT2D eigenvalue weighted by atomic mass is 9.97. The standard InChI is InChI=1S/C48H27NO3/c1-4-18-40-32(12-1)33-13-2-5-19-41(33)49(40)42-20-9-17-36-39-27-45-38(26-46(39)52-48(36)42)35-16-8-15-31(47(35)51-45)30-11-7-10-28(24-30)29-22-23-44-37(25-29)34-14-3-6-21-43(34)50-44/h1-27H. The minimum absolute atomic E-state index is 0.841. The average Bonchev–Trinajstić information content (AvgIpc) is 3.95. The molecule has 0 unspecified atom stereocenters. The van der Waals surface area contributed by atoms with Gasteiger partial charge in [0.1, 0.15) is 27.9 Å². The van der Waals surface area contributed by atoms with E-state index in [9.17, 15) is 0 Å². The number of rotatable bonds is 3. The molecule has 52 heavy (non-hydrogen) atoms. The maximum absolute atomic E-state index is 6.79. The Morgan fingerprint density at radius 3 is 1.65 bits per heavy atom. The van der Waals surface area contributed by atoms with Crippen molar-refractivity contribution in [2.75, 3.05) is 0 Å². The number of fused-ring (bicyclic) bond motifs is 12. The Morgan fingerprint density at radius 2 is 0.865 bits per heavy atom. The number of aromatic nitrogens is 1. The van der Waals surface area contributed by atoms with Crippen molar-refractivity contribution in [3.63, 3.8) is 0 Å². The van der Waals surface area contributed by atoms with Crippen molar-refractivity contribution in [2.24, 2.45) is 0 Å². The summed E-state index contributed by atoms with van der Waals surface area (Å²) in [5, 5.41) is 8.90. The van der Waals surface area contributed by atoms with Gasteiger partial charge in [0.15, 0.2) is 5.58 Å². The first kappa shape index (κ1) is 27.7. The van der Waals surface area contributed by atoms with Gasteiger partial charge in [-0.2, -0.15) is 0 Å². The molecule has 4 heteroatoms. The van der Waals surface area contributed by atoms with E-state index in [0.717, 1.165) is 105 Å². The van der Waals surface area contributed by atoms with Crippen LogP contribution in [0.3, 0.4) is 0 Å². The maximum atomic E-state index is 6.79. The Hall–Kier alpha value is -7.04. The van der Waals surface area contributed by atoms with E-state index in [1.807, 2.05) is 12.1 Å². The Bertz CT molecular complexity index is 3370. The number of hydrogen-bond donors (Lipinski definition) is 0. The number of hydrogen-bond acceptors (Lipinski definition) is 3. The summed E-state index contributed by atoms with van der Waals surface area (Å²) >= 11 is 0. The molecule has 0 saturated heterocycles. The highest BCUT2D eigenvalue weighted by molar-refractivity contribution is 6.18. The van der Waals surface area contributed by atoms with Gasteiger partial charge in [-0.25, -0.2) is 0 Å². The second-order valence-electron chi connectivity index (χ2n) is 13.6. The number of furan rings is 3. The molecule has 242 valence electrons. The molecule has 8 aromatic carbocycles. The topological polar surface area (TPSA) is 44.4 Å². The van der Waals surface area contributed by atoms with E-state index >= 15 is 0 Å². The average molecular weight is 666 g/mol. The molecule has 12 aromatic rings. The van der Waals surface area contributed by atoms with Crippen LogP contribution in [0.15, 0.2) is 177 Å². The predicted molar refractivity (Wildman–Crippen MR) is 213 cm³/mol. The van der Waals surface area contributed by atoms with Crippen molar-refractivity contribution in [1.82, 2.24) is 4.57 Å². The van der Waals surface area contributed by atoms with Gasteiger partial charge in [-0.1, -0.05) is 109 Å². The summed E-state index contributed by atoms with van der Waals surface area (Å²) in [6, 6.07) is 57.6. The third kappa shape index (κ3) is 3.81. The van der Waals surface area contributed by atoms with Crippen LogP contribution >= 0.6 is 0 Å². The van der Waals surface area contributed by atoms with Crippen LogP contribution in [-0.4, -0.2) is 4.57 Å². The van der Waals surface area contributed by atoms with Gasteiger partial charge in [0.25, 0.3) is 0 Å². The fraction of sp³-hybridized carbons (Fsp3) is 0. The number of nitrogens with zero attached hydrogens (tertiary/aromatic N) is 1. The minimum atomic E-state index is 0.841. The van der Waals surface area contributed by atoms with Crippen LogP contribution in [0.1, 0.15) is 0 Å². The quantitative estimate of drug-likeness (QED) is 0.189. The van der Waals surface area contributed by atoms with E-state index in [4.69, 9.17) is 13.3 Å². The van der Waals surface area contributed by atoms with E-state index in [-0.39, 0.29) is 0 Å². The van der Waals surface area contributed by atoms with Gasteiger partial charge >= 0.3 is 0 Å². The zero-order chi connectivity index (χ0) is 33.9. The molecule has 0 radical (unpaired) electrons. The van der Waals surface area contributed by atoms with Crippen molar-refractivity contribution in [3.8, 4) is 27.9 Å². The Morgan fingerprint density at radius 1 is 0.308 bits per heavy atom. The van der Waals surface area contributed by atoms with Crippen LogP contribution in [0, 0.1) is 0 Å². The van der Waals surface area contributed by atoms with Crippen molar-refractivity contribution in [3.05, 3.63) is 164 Å². The molecule has 0 spiro atoms. The highest BCUT2D eigenvalue weighted by Gasteiger charge is 2.20. The lowest BCUT2D eigenvalue weighted by molar-refractivity contribution is 0.663. The summed E-state index contributed by atoms with van der Waals surface area (Å²) in [7, 11) is 0. The second kappa shape index (κ2) is 10.3. The maximum Gasteiger partial charge on any atom is 0.159 e. The highest BCUT2D eigenvalue weighted by Crippen LogP contribution is 2.43. The molecular weight excluding hydrogens is 639 g/mol. The van der Waals surface area contributed by atoms with Gasteiger partial charge in [-0.15, -0.1) is 0 Å². The van der Waals surface area contributed by atoms with Crippen LogP contribution in [0.4, 0.5) is 0 Å². The molecule has 4 nitrogen and oxygen atoms in total. The van der Waals surface area contributed by atoms with Crippen molar-refractivity contribution in [1.29, 1.82) is 0 Å². The third-order valence-corrected chi connectivity index (χ3v) is 10.8. The first-order valence-corrected chi connectivity index (χ1v) is 17.6. The molecule has 4 aromatic heterocycles. The first-order valence-electron chi connectivity index (χ1n) is 17.6. The van der Waals surface area contributed by atoms with Crippen molar-refractivity contribution < 1.29 is 13.3 Å². The van der Waals surface area contributed by atoms with Gasteiger partial charge in [-0.3, -0.25) is 0 Å². The molecule has 0 saturated carbocycles. The molecular formula is C48H27NO3. The number of benzene rings is 8. The first-order chi connectivity index (χ1) is 25.8. The van der Waals surface area contributed by atoms with Gasteiger partial charge in [-0.05, 0) is 71.3 Å². The van der Waals surface area contributed by atoms with Crippen molar-refractivity contribution in [2.45, 2.75) is 0 Å². The van der Waals surface area contributed by atoms with E-state index < -0.39 is 0 Å². The van der Waals surface area contributed by atoms with Gasteiger partial charge in [0.2, 0.25) is 0 Å². The van der Waals surface area contributed by atoms with Gasteiger partial charge in [0.05, 0.1) is 16.7 Å². The van der Waals surface area contributed by atoms with Crippen molar-refractivity contribution >= 4 is 87.6 Å². The molecule has 0 bridgehead atoms. The Labute approximate surface area is 296 Å². The Kier molecular flexibility index (Phi) is 5.47. The molecule has 4 heterocycles. The normalized spacial score (nSPS) is 12.2. The smallest absolute Gasteiger partial charge is 0.159 e. The Balaban J connectivity index is 1.01. The molecule has 0 aliphatic rings. The molecule has 0 N–H and O–H groups in total. The molecule has 0 amide bonds. The molecule has 0 aliphatic carbocycles. The molecule has 0 aliphatic heterocycles. The van der Waals surface area contributed by atoms with Crippen LogP contribution in [0.25, 0.3) is 116 Å². The van der Waals surface area contributed by atoms with E-state index in [1.165, 1.54) is 10.8 Å². The fourth-order valence-corrected chi connectivity index (χ4v) is 8.43. The summed E-state index contributed by atoms with van der Waals surface area (Å²) in [6.45, 7) is 0. The summed E-state index contributed by atoms with van der Waals surface area (Å²) in [6.07, 6.45) is 0. The van der Waals surface area contributed by atoms with Gasteiger partial charge < -0.3 is 17.8 Å². The zero-order valence-corrected chi connectivity index (χ0v) is 27.8. The summed E-state index contributed by atoms with van der Waals surface area (Å²) in [5.74, 6) is 0. The molecule has 12 rings (SSSR count). The van der Waals surface area contributed by atoms with Crippen LogP contribution in [0.2, 0.25) is 0 Å². The fourth-order valence-electron chi connectivity index (χ4n) is 8.43. The minimum Gasteiger partial charge on any atom is -0.456 e. The van der Waals surface area contributed by atoms with E-state index in [1.54, 1.807) is 0 Å². The summed E-state index contributed by atoms with van der Waals surface area (Å²) in [4.78, 5) is 0. The van der Waals surface area contributed by atoms with E-state index in [2.05, 4.69) is 156 Å². The summed E-state index contributed by atoms with van der Waals surface area (Å²) in [5.41, 5.74) is 13.0. The SMILES string of the molecule is c1cc(-c2ccc3oc4ccccc4c3c2)cc(-c2cccc3c2oc2cc4c(cc23)oc2c(-n3c5ccccc5c5ccccc53)cccc24)c1. The van der Waals surface area contributed by atoms with Gasteiger partial charge in [0, 0.05) is 48.7 Å². The monoisotopic (exact) mass is 665 g/mol. The lowest BCUT2D eigenvalue weighted by Gasteiger charge is -2.08. The third-order valence-electron chi connectivity index (χ3n) is 10.8. The largest absolute Gasteiger partial charge is 0.456 e.